The Morgan fingerprint density at radius 1 is 0.758 bits per heavy atom. The number of allylic oxidation sites excluding steroid dienone is 3. The normalized spacial score (nSPS) is 18.7. The Morgan fingerprint density at radius 2 is 1.33 bits per heavy atom. The van der Waals surface area contributed by atoms with E-state index in [-0.39, 0.29) is 0 Å². The van der Waals surface area contributed by atoms with E-state index in [1.165, 1.54) is 114 Å². The summed E-state index contributed by atoms with van der Waals surface area (Å²) in [5, 5.41) is 0. The van der Waals surface area contributed by atoms with Gasteiger partial charge in [0.25, 0.3) is 0 Å². The number of hydrogen-bond acceptors (Lipinski definition) is 2. The highest BCUT2D eigenvalue weighted by atomic mass is 15.4. The molecule has 0 fully saturated rings. The van der Waals surface area contributed by atoms with E-state index in [1.807, 2.05) is 0 Å². The number of rotatable bonds is 18. The van der Waals surface area contributed by atoms with Gasteiger partial charge in [0.1, 0.15) is 0 Å². The van der Waals surface area contributed by atoms with Crippen molar-refractivity contribution in [3.63, 3.8) is 0 Å². The molecule has 0 aromatic carbocycles. The lowest BCUT2D eigenvalue weighted by molar-refractivity contribution is 0.185. The first-order valence-corrected chi connectivity index (χ1v) is 14.3. The van der Waals surface area contributed by atoms with Gasteiger partial charge in [-0.05, 0) is 31.4 Å². The molecule has 0 radical (unpaired) electrons. The third-order valence-electron chi connectivity index (χ3n) is 7.14. The first-order valence-electron chi connectivity index (χ1n) is 14.3. The third-order valence-corrected chi connectivity index (χ3v) is 7.14. The molecule has 186 valence electrons. The van der Waals surface area contributed by atoms with Gasteiger partial charge in [0.2, 0.25) is 0 Å². The van der Waals surface area contributed by atoms with Crippen LogP contribution in [0.25, 0.3) is 0 Å². The van der Waals surface area contributed by atoms with Gasteiger partial charge < -0.3 is 9.80 Å². The topological polar surface area (TPSA) is 6.48 Å². The minimum atomic E-state index is 0.435. The van der Waals surface area contributed by atoms with Crippen molar-refractivity contribution in [2.75, 3.05) is 13.1 Å². The molecule has 1 atom stereocenters. The molecule has 1 heterocycles. The van der Waals surface area contributed by atoms with E-state index in [0.29, 0.717) is 6.04 Å². The average molecular weight is 453 g/mol. The van der Waals surface area contributed by atoms with Gasteiger partial charge in [-0.25, -0.2) is 0 Å². The second kappa shape index (κ2) is 17.8. The zero-order valence-corrected chi connectivity index (χ0v) is 22.0. The Labute approximate surface area is 206 Å². The van der Waals surface area contributed by atoms with Crippen LogP contribution in [0.3, 0.4) is 0 Å². The van der Waals surface area contributed by atoms with Crippen molar-refractivity contribution in [2.24, 2.45) is 0 Å². The monoisotopic (exact) mass is 452 g/mol. The van der Waals surface area contributed by atoms with Crippen LogP contribution in [0.2, 0.25) is 0 Å². The molecule has 2 bridgehead atoms. The molecule has 0 aromatic heterocycles. The van der Waals surface area contributed by atoms with E-state index >= 15 is 0 Å². The van der Waals surface area contributed by atoms with Crippen LogP contribution in [-0.2, 0) is 0 Å². The van der Waals surface area contributed by atoms with Crippen LogP contribution in [0, 0.1) is 0 Å². The lowest BCUT2D eigenvalue weighted by atomic mass is 10.0. The van der Waals surface area contributed by atoms with E-state index in [0.717, 1.165) is 19.5 Å². The summed E-state index contributed by atoms with van der Waals surface area (Å²) in [6, 6.07) is 0.435. The van der Waals surface area contributed by atoms with Crippen molar-refractivity contribution in [3.05, 3.63) is 54.2 Å². The SMILES string of the molecule is C=C=C1N(CCCCCCCCCCCCCCCC)C2=CC(CC=C/C=C\2)N1CCCC. The summed E-state index contributed by atoms with van der Waals surface area (Å²) in [4.78, 5) is 5.00. The van der Waals surface area contributed by atoms with Crippen LogP contribution < -0.4 is 0 Å². The smallest absolute Gasteiger partial charge is 0.153 e. The van der Waals surface area contributed by atoms with Crippen molar-refractivity contribution < 1.29 is 0 Å². The Bertz CT molecular complexity index is 650. The van der Waals surface area contributed by atoms with Gasteiger partial charge in [-0.1, -0.05) is 134 Å². The van der Waals surface area contributed by atoms with Gasteiger partial charge in [0.15, 0.2) is 5.82 Å². The van der Waals surface area contributed by atoms with E-state index in [1.54, 1.807) is 0 Å². The summed E-state index contributed by atoms with van der Waals surface area (Å²) < 4.78 is 0. The molecular formula is C31H52N2. The van der Waals surface area contributed by atoms with Crippen LogP contribution >= 0.6 is 0 Å². The number of fused-ring (bicyclic) bond motifs is 1. The first-order chi connectivity index (χ1) is 16.3. The molecule has 0 saturated carbocycles. The quantitative estimate of drug-likeness (QED) is 0.151. The molecule has 2 rings (SSSR count). The molecular weight excluding hydrogens is 400 g/mol. The molecule has 2 nitrogen and oxygen atoms in total. The molecule has 0 spiro atoms. The standard InChI is InChI=1S/C31H52N2/c1-4-7-9-10-11-12-13-14-15-16-17-18-19-23-27-33-30-25-22-20-21-24-29(28-30)32(26-8-5-2)31(33)6-3/h20-22,25,28-29H,3-5,7-19,23-24,26-27H2,1-2H3/b21-20?,25-22-. The number of nitrogens with zero attached hydrogens (tertiary/aromatic N) is 2. The second-order valence-electron chi connectivity index (χ2n) is 9.98. The van der Waals surface area contributed by atoms with Crippen molar-refractivity contribution in [1.82, 2.24) is 9.80 Å². The van der Waals surface area contributed by atoms with Gasteiger partial charge in [0, 0.05) is 18.8 Å². The van der Waals surface area contributed by atoms with Gasteiger partial charge in [-0.2, -0.15) is 0 Å². The van der Waals surface area contributed by atoms with Crippen LogP contribution in [0.1, 0.15) is 123 Å². The van der Waals surface area contributed by atoms with E-state index in [2.05, 4.69) is 66.3 Å². The molecule has 2 aliphatic rings. The van der Waals surface area contributed by atoms with Gasteiger partial charge in [0.05, 0.1) is 6.04 Å². The van der Waals surface area contributed by atoms with E-state index in [4.69, 9.17) is 0 Å². The molecule has 0 amide bonds. The van der Waals surface area contributed by atoms with Gasteiger partial charge >= 0.3 is 0 Å². The molecule has 0 aromatic rings. The van der Waals surface area contributed by atoms with Crippen molar-refractivity contribution in [2.45, 2.75) is 129 Å². The van der Waals surface area contributed by atoms with Crippen LogP contribution in [0.4, 0.5) is 0 Å². The number of unbranched alkanes of at least 4 members (excludes halogenated alkanes) is 14. The highest BCUT2D eigenvalue weighted by Gasteiger charge is 2.29. The molecule has 1 unspecified atom stereocenters. The third kappa shape index (κ3) is 10.4. The van der Waals surface area contributed by atoms with E-state index in [9.17, 15) is 0 Å². The average Bonchev–Trinajstić information content (AvgIpc) is 2.81. The molecule has 0 N–H and O–H groups in total. The Hall–Kier alpha value is -1.66. The Balaban J connectivity index is 1.65. The second-order valence-corrected chi connectivity index (χ2v) is 9.98. The summed E-state index contributed by atoms with van der Waals surface area (Å²) in [5.74, 6) is 1.19. The minimum Gasteiger partial charge on any atom is -0.345 e. The molecule has 1 aliphatic carbocycles. The highest BCUT2D eigenvalue weighted by Crippen LogP contribution is 2.30. The lowest BCUT2D eigenvalue weighted by Crippen LogP contribution is -2.45. The van der Waals surface area contributed by atoms with Gasteiger partial charge in [-0.3, -0.25) is 0 Å². The predicted molar refractivity (Wildman–Crippen MR) is 146 cm³/mol. The maximum absolute atomic E-state index is 4.08. The fourth-order valence-corrected chi connectivity index (χ4v) is 5.10. The zero-order valence-electron chi connectivity index (χ0n) is 22.0. The summed E-state index contributed by atoms with van der Waals surface area (Å²) >= 11 is 0. The molecule has 0 saturated heterocycles. The molecule has 1 aliphatic heterocycles. The number of hydrogen-bond donors (Lipinski definition) is 0. The van der Waals surface area contributed by atoms with Crippen molar-refractivity contribution in [3.8, 4) is 0 Å². The fraction of sp³-hybridized carbons (Fsp3) is 0.710. The maximum Gasteiger partial charge on any atom is 0.153 e. The predicted octanol–water partition coefficient (Wildman–Crippen LogP) is 9.28. The zero-order chi connectivity index (χ0) is 23.6. The van der Waals surface area contributed by atoms with Crippen molar-refractivity contribution >= 4 is 0 Å². The van der Waals surface area contributed by atoms with Crippen LogP contribution in [0.5, 0.6) is 0 Å². The highest BCUT2D eigenvalue weighted by molar-refractivity contribution is 5.32. The fourth-order valence-electron chi connectivity index (χ4n) is 5.10. The Kier molecular flexibility index (Phi) is 14.9. The summed E-state index contributed by atoms with van der Waals surface area (Å²) in [6.45, 7) is 10.8. The molecule has 33 heavy (non-hydrogen) atoms. The first kappa shape index (κ1) is 27.6. The Morgan fingerprint density at radius 3 is 1.91 bits per heavy atom. The summed E-state index contributed by atoms with van der Waals surface area (Å²) in [6.07, 6.45) is 34.6. The summed E-state index contributed by atoms with van der Waals surface area (Å²) in [5.41, 5.74) is 4.64. The van der Waals surface area contributed by atoms with Gasteiger partial charge in [-0.15, -0.1) is 0 Å². The molecule has 2 heteroatoms. The summed E-state index contributed by atoms with van der Waals surface area (Å²) in [7, 11) is 0. The van der Waals surface area contributed by atoms with Crippen LogP contribution in [0.15, 0.2) is 54.2 Å². The van der Waals surface area contributed by atoms with Crippen LogP contribution in [-0.4, -0.2) is 28.9 Å². The largest absolute Gasteiger partial charge is 0.345 e. The van der Waals surface area contributed by atoms with E-state index < -0.39 is 0 Å². The lowest BCUT2D eigenvalue weighted by Gasteiger charge is -2.43. The maximum atomic E-state index is 4.08. The minimum absolute atomic E-state index is 0.435. The van der Waals surface area contributed by atoms with Crippen molar-refractivity contribution in [1.29, 1.82) is 0 Å².